The Morgan fingerprint density at radius 3 is 2.30 bits per heavy atom. The zero-order valence-corrected chi connectivity index (χ0v) is 17.2. The second-order valence-corrected chi connectivity index (χ2v) is 7.95. The average molecular weight is 438 g/mol. The van der Waals surface area contributed by atoms with Crippen LogP contribution in [0.25, 0.3) is 10.2 Å². The molecular weight excluding hydrogens is 422 g/mol. The number of hydrogen-bond acceptors (Lipinski definition) is 5. The lowest BCUT2D eigenvalue weighted by molar-refractivity contribution is -0.148. The van der Waals surface area contributed by atoms with Crippen LogP contribution in [0.5, 0.6) is 0 Å². The van der Waals surface area contributed by atoms with Gasteiger partial charge in [0.2, 0.25) is 5.78 Å². The maximum atomic E-state index is 13.1. The highest BCUT2D eigenvalue weighted by Crippen LogP contribution is 2.26. The normalized spacial score (nSPS) is 11.9. The molecule has 0 aliphatic heterocycles. The minimum absolute atomic E-state index is 0.319. The molecule has 0 saturated heterocycles. The predicted molar refractivity (Wildman–Crippen MR) is 117 cm³/mol. The van der Waals surface area contributed by atoms with Crippen LogP contribution in [0, 0.1) is 0 Å². The van der Waals surface area contributed by atoms with Crippen molar-refractivity contribution in [3.63, 3.8) is 0 Å². The molecule has 1 heterocycles. The first-order valence-electron chi connectivity index (χ1n) is 9.16. The van der Waals surface area contributed by atoms with E-state index < -0.39 is 12.1 Å². The number of ether oxygens (including phenoxy) is 1. The van der Waals surface area contributed by atoms with Gasteiger partial charge in [-0.25, -0.2) is 0 Å². The van der Waals surface area contributed by atoms with Crippen molar-refractivity contribution in [3.05, 3.63) is 105 Å². The van der Waals surface area contributed by atoms with Crippen LogP contribution in [-0.2, 0) is 16.1 Å². The van der Waals surface area contributed by atoms with E-state index in [1.165, 1.54) is 4.57 Å². The molecule has 4 aromatic rings. The standard InChI is InChI=1S/C23H16ClNO4S/c24-17-12-7-13-18-20(17)25(23(28)30-18)14-19(26)29-22(16-10-5-2-6-11-16)21(27)15-8-3-1-4-9-15/h1-13,22H,14H2. The van der Waals surface area contributed by atoms with Gasteiger partial charge in [-0.15, -0.1) is 0 Å². The molecule has 0 bridgehead atoms. The Hall–Kier alpha value is -3.22. The van der Waals surface area contributed by atoms with Crippen LogP contribution in [0.4, 0.5) is 0 Å². The SMILES string of the molecule is O=C(Cn1c(=O)sc2cccc(Cl)c21)OC(C(=O)c1ccccc1)c1ccccc1. The third kappa shape index (κ3) is 4.06. The highest BCUT2D eigenvalue weighted by Gasteiger charge is 2.27. The molecule has 0 spiro atoms. The Morgan fingerprint density at radius 1 is 0.933 bits per heavy atom. The molecule has 4 rings (SSSR count). The van der Waals surface area contributed by atoms with E-state index in [1.807, 2.05) is 6.07 Å². The van der Waals surface area contributed by atoms with Gasteiger partial charge in [0.1, 0.15) is 6.54 Å². The number of halogens is 1. The molecule has 0 N–H and O–H groups in total. The summed E-state index contributed by atoms with van der Waals surface area (Å²) in [7, 11) is 0. The lowest BCUT2D eigenvalue weighted by Gasteiger charge is -2.18. The van der Waals surface area contributed by atoms with E-state index in [4.69, 9.17) is 16.3 Å². The van der Waals surface area contributed by atoms with Gasteiger partial charge in [0.15, 0.2) is 6.10 Å². The first kappa shape index (κ1) is 20.1. The Morgan fingerprint density at radius 2 is 1.60 bits per heavy atom. The zero-order chi connectivity index (χ0) is 21.1. The molecular formula is C23H16ClNO4S. The quantitative estimate of drug-likeness (QED) is 0.318. The summed E-state index contributed by atoms with van der Waals surface area (Å²) in [6.45, 7) is -0.339. The topological polar surface area (TPSA) is 65.4 Å². The fourth-order valence-corrected chi connectivity index (χ4v) is 4.43. The number of para-hydroxylation sites is 1. The molecule has 7 heteroatoms. The third-order valence-corrected chi connectivity index (χ3v) is 5.82. The highest BCUT2D eigenvalue weighted by molar-refractivity contribution is 7.16. The van der Waals surface area contributed by atoms with Crippen molar-refractivity contribution in [2.24, 2.45) is 0 Å². The monoisotopic (exact) mass is 437 g/mol. The summed E-state index contributed by atoms with van der Waals surface area (Å²) in [6.07, 6.45) is -1.11. The molecule has 5 nitrogen and oxygen atoms in total. The van der Waals surface area contributed by atoms with Gasteiger partial charge in [-0.2, -0.15) is 0 Å². The van der Waals surface area contributed by atoms with E-state index in [9.17, 15) is 14.4 Å². The van der Waals surface area contributed by atoms with E-state index in [1.54, 1.807) is 72.8 Å². The van der Waals surface area contributed by atoms with Crippen molar-refractivity contribution in [3.8, 4) is 0 Å². The molecule has 0 fully saturated rings. The van der Waals surface area contributed by atoms with Crippen LogP contribution in [0.3, 0.4) is 0 Å². The van der Waals surface area contributed by atoms with Gasteiger partial charge in [-0.3, -0.25) is 19.0 Å². The number of carbonyl (C=O) groups is 2. The van der Waals surface area contributed by atoms with Gasteiger partial charge in [-0.1, -0.05) is 89.7 Å². The van der Waals surface area contributed by atoms with Crippen LogP contribution in [0.2, 0.25) is 5.02 Å². The molecule has 0 aliphatic rings. The van der Waals surface area contributed by atoms with Crippen LogP contribution in [0.15, 0.2) is 83.7 Å². The Balaban J connectivity index is 1.64. The zero-order valence-electron chi connectivity index (χ0n) is 15.7. The maximum absolute atomic E-state index is 13.1. The number of carbonyl (C=O) groups excluding carboxylic acids is 2. The van der Waals surface area contributed by atoms with E-state index >= 15 is 0 Å². The molecule has 0 saturated carbocycles. The van der Waals surface area contributed by atoms with Gasteiger partial charge in [-0.05, 0) is 12.1 Å². The summed E-state index contributed by atoms with van der Waals surface area (Å²) in [5.74, 6) is -1.04. The number of aromatic nitrogens is 1. The number of benzene rings is 3. The van der Waals surface area contributed by atoms with Crippen LogP contribution in [0.1, 0.15) is 22.0 Å². The summed E-state index contributed by atoms with van der Waals surface area (Å²) in [5, 5.41) is 0.374. The molecule has 1 atom stereocenters. The number of nitrogens with zero attached hydrogens (tertiary/aromatic N) is 1. The van der Waals surface area contributed by atoms with Crippen molar-refractivity contribution >= 4 is 44.9 Å². The van der Waals surface area contributed by atoms with Crippen LogP contribution in [-0.4, -0.2) is 16.3 Å². The number of thiazole rings is 1. The largest absolute Gasteiger partial charge is 0.448 e. The third-order valence-electron chi connectivity index (χ3n) is 4.57. The summed E-state index contributed by atoms with van der Waals surface area (Å²) in [5.41, 5.74) is 1.47. The Labute approximate surface area is 181 Å². The van der Waals surface area contributed by atoms with Gasteiger partial charge < -0.3 is 4.74 Å². The van der Waals surface area contributed by atoms with Gasteiger partial charge in [0, 0.05) is 11.1 Å². The second kappa shape index (κ2) is 8.65. The molecule has 0 amide bonds. The maximum Gasteiger partial charge on any atom is 0.327 e. The molecule has 150 valence electrons. The van der Waals surface area contributed by atoms with Crippen LogP contribution >= 0.6 is 22.9 Å². The Bertz CT molecular complexity index is 1260. The van der Waals surface area contributed by atoms with Crippen molar-refractivity contribution in [1.82, 2.24) is 4.57 Å². The summed E-state index contributed by atoms with van der Waals surface area (Å²) >= 11 is 7.23. The number of rotatable bonds is 6. The lowest BCUT2D eigenvalue weighted by atomic mass is 10.00. The van der Waals surface area contributed by atoms with Crippen molar-refractivity contribution in [2.75, 3.05) is 0 Å². The van der Waals surface area contributed by atoms with Gasteiger partial charge >= 0.3 is 10.8 Å². The van der Waals surface area contributed by atoms with Gasteiger partial charge in [0.25, 0.3) is 0 Å². The predicted octanol–water partition coefficient (Wildman–Crippen LogP) is 4.88. The first-order chi connectivity index (χ1) is 14.5. The number of hydrogen-bond donors (Lipinski definition) is 0. The summed E-state index contributed by atoms with van der Waals surface area (Å²) in [6, 6.07) is 22.6. The Kier molecular flexibility index (Phi) is 5.79. The van der Waals surface area contributed by atoms with E-state index in [2.05, 4.69) is 0 Å². The van der Waals surface area contributed by atoms with Gasteiger partial charge in [0.05, 0.1) is 15.2 Å². The summed E-state index contributed by atoms with van der Waals surface area (Å²) < 4.78 is 7.54. The number of esters is 1. The molecule has 3 aromatic carbocycles. The molecule has 1 aromatic heterocycles. The fraction of sp³-hybridized carbons (Fsp3) is 0.0870. The highest BCUT2D eigenvalue weighted by atomic mass is 35.5. The van der Waals surface area contributed by atoms with E-state index in [0.717, 1.165) is 11.3 Å². The van der Waals surface area contributed by atoms with Crippen molar-refractivity contribution in [2.45, 2.75) is 12.6 Å². The van der Waals surface area contributed by atoms with Crippen molar-refractivity contribution < 1.29 is 14.3 Å². The van der Waals surface area contributed by atoms with Crippen LogP contribution < -0.4 is 4.87 Å². The number of Topliss-reactive ketones (excluding diaryl/α,β-unsaturated/α-hetero) is 1. The average Bonchev–Trinajstić information content (AvgIpc) is 3.09. The smallest absolute Gasteiger partial charge is 0.327 e. The second-order valence-electron chi connectivity index (χ2n) is 6.55. The number of ketones is 1. The molecule has 30 heavy (non-hydrogen) atoms. The molecule has 0 aliphatic carbocycles. The molecule has 0 radical (unpaired) electrons. The van der Waals surface area contributed by atoms with E-state index in [-0.39, 0.29) is 17.2 Å². The minimum Gasteiger partial charge on any atom is -0.448 e. The summed E-state index contributed by atoms with van der Waals surface area (Å²) in [4.78, 5) is 37.9. The fourth-order valence-electron chi connectivity index (χ4n) is 3.18. The minimum atomic E-state index is -1.11. The lowest BCUT2D eigenvalue weighted by Crippen LogP contribution is -2.25. The van der Waals surface area contributed by atoms with E-state index in [0.29, 0.717) is 26.4 Å². The first-order valence-corrected chi connectivity index (χ1v) is 10.4. The number of fused-ring (bicyclic) bond motifs is 1. The molecule has 1 unspecified atom stereocenters. The van der Waals surface area contributed by atoms with Crippen molar-refractivity contribution in [1.29, 1.82) is 0 Å².